The van der Waals surface area contributed by atoms with Crippen LogP contribution >= 0.6 is 23.2 Å². The van der Waals surface area contributed by atoms with Crippen LogP contribution in [0.25, 0.3) is 33.6 Å². The molecule has 11 nitrogen and oxygen atoms in total. The monoisotopic (exact) mass is 689 g/mol. The number of methoxy groups -OCH3 is 2. The Kier molecular flexibility index (Phi) is 9.23. The number of aromatic nitrogens is 4. The predicted molar refractivity (Wildman–Crippen MR) is 183 cm³/mol. The van der Waals surface area contributed by atoms with Crippen LogP contribution in [0.15, 0.2) is 48.8 Å². The largest absolute Gasteiger partial charge is 0.480 e. The summed E-state index contributed by atoms with van der Waals surface area (Å²) in [5.74, 6) is 1.48. The number of rotatable bonds is 12. The second-order valence-corrected chi connectivity index (χ2v) is 13.5. The molecule has 0 spiro atoms. The van der Waals surface area contributed by atoms with E-state index >= 15 is 0 Å². The Morgan fingerprint density at radius 2 is 1.56 bits per heavy atom. The highest BCUT2D eigenvalue weighted by atomic mass is 35.5. The van der Waals surface area contributed by atoms with E-state index in [2.05, 4.69) is 20.5 Å². The van der Waals surface area contributed by atoms with Gasteiger partial charge >= 0.3 is 0 Å². The van der Waals surface area contributed by atoms with Crippen LogP contribution in [0.5, 0.6) is 11.8 Å². The van der Waals surface area contributed by atoms with E-state index in [-0.39, 0.29) is 24.0 Å². The van der Waals surface area contributed by atoms with Gasteiger partial charge in [-0.25, -0.2) is 9.97 Å². The first-order valence-electron chi connectivity index (χ1n) is 16.0. The maximum Gasteiger partial charge on any atom is 0.237 e. The number of aliphatic hydroxyl groups excluding tert-OH is 1. The van der Waals surface area contributed by atoms with Crippen molar-refractivity contribution >= 4 is 29.1 Å². The molecule has 3 fully saturated rings. The fourth-order valence-corrected chi connectivity index (χ4v) is 7.61. The van der Waals surface area contributed by atoms with Crippen LogP contribution in [0.3, 0.4) is 0 Å². The number of ether oxygens (including phenoxy) is 2. The number of piperidine rings is 1. The Labute approximate surface area is 289 Å². The van der Waals surface area contributed by atoms with Crippen LogP contribution in [-0.4, -0.2) is 82.4 Å². The Balaban J connectivity index is 1.11. The average Bonchev–Trinajstić information content (AvgIpc) is 3.40. The van der Waals surface area contributed by atoms with E-state index < -0.39 is 0 Å². The Hall–Kier alpha value is -3.87. The molecule has 3 aliphatic rings. The van der Waals surface area contributed by atoms with Gasteiger partial charge in [0.05, 0.1) is 54.7 Å². The van der Waals surface area contributed by atoms with E-state index in [9.17, 15) is 9.90 Å². The molecule has 3 atom stereocenters. The van der Waals surface area contributed by atoms with Gasteiger partial charge in [-0.05, 0) is 18.8 Å². The lowest BCUT2D eigenvalue weighted by Gasteiger charge is -2.20. The van der Waals surface area contributed by atoms with Gasteiger partial charge < -0.3 is 25.2 Å². The number of aliphatic hydroxyl groups is 1. The Bertz CT molecular complexity index is 1860. The van der Waals surface area contributed by atoms with E-state index in [4.69, 9.17) is 47.6 Å². The second-order valence-electron chi connectivity index (χ2n) is 12.8. The maximum absolute atomic E-state index is 11.5. The summed E-state index contributed by atoms with van der Waals surface area (Å²) in [4.78, 5) is 32.7. The van der Waals surface area contributed by atoms with Gasteiger partial charge in [0, 0.05) is 72.9 Å². The van der Waals surface area contributed by atoms with Crippen LogP contribution in [0.2, 0.25) is 10.0 Å². The molecule has 1 amide bonds. The summed E-state index contributed by atoms with van der Waals surface area (Å²) in [6, 6.07) is 11.5. The third-order valence-electron chi connectivity index (χ3n) is 9.68. The normalized spacial score (nSPS) is 21.6. The standard InChI is InChI=1S/C35H37Cl2N7O4/c1-47-33-28(13-38-12-21-9-10-30(46)41-21)39-14-26(42-33)24-7-3-5-22(31(24)36)23-6-4-8-25(32(23)37)27-15-40-29(34(43-27)48-2)17-44-16-20-11-35(20,18-44)19-45/h3-8,14-15,20-21,38,45H,9-13,16-19H2,1-2H3,(H,41,46). The molecule has 1 aliphatic carbocycles. The number of carbonyl (C=O) groups is 1. The zero-order valence-corrected chi connectivity index (χ0v) is 28.3. The lowest BCUT2D eigenvalue weighted by Crippen LogP contribution is -2.35. The number of hydrogen-bond donors (Lipinski definition) is 3. The van der Waals surface area contributed by atoms with Crippen LogP contribution < -0.4 is 20.1 Å². The van der Waals surface area contributed by atoms with Crippen molar-refractivity contribution in [3.05, 3.63) is 70.2 Å². The lowest BCUT2D eigenvalue weighted by atomic mass is 9.98. The first-order chi connectivity index (χ1) is 23.3. The van der Waals surface area contributed by atoms with Gasteiger partial charge in [0.25, 0.3) is 0 Å². The summed E-state index contributed by atoms with van der Waals surface area (Å²) >= 11 is 14.1. The summed E-state index contributed by atoms with van der Waals surface area (Å²) in [5.41, 5.74) is 5.45. The minimum atomic E-state index is 0.0590. The highest BCUT2D eigenvalue weighted by Crippen LogP contribution is 2.57. The number of nitrogens with one attached hydrogen (secondary N) is 2. The smallest absolute Gasteiger partial charge is 0.237 e. The van der Waals surface area contributed by atoms with Crippen molar-refractivity contribution in [3.8, 4) is 45.4 Å². The molecular formula is C35H37Cl2N7O4. The van der Waals surface area contributed by atoms with Crippen LogP contribution in [-0.2, 0) is 17.9 Å². The molecule has 2 aromatic carbocycles. The first kappa shape index (κ1) is 32.7. The van der Waals surface area contributed by atoms with Gasteiger partial charge in [0.1, 0.15) is 11.4 Å². The minimum Gasteiger partial charge on any atom is -0.480 e. The molecule has 3 unspecified atom stereocenters. The third-order valence-corrected chi connectivity index (χ3v) is 10.5. The molecule has 48 heavy (non-hydrogen) atoms. The summed E-state index contributed by atoms with van der Waals surface area (Å²) < 4.78 is 11.2. The number of carbonyl (C=O) groups excluding carboxylic acids is 1. The van der Waals surface area contributed by atoms with Crippen LogP contribution in [0.1, 0.15) is 30.7 Å². The minimum absolute atomic E-state index is 0.0590. The molecule has 250 valence electrons. The summed E-state index contributed by atoms with van der Waals surface area (Å²) in [6.07, 6.45) is 5.87. The van der Waals surface area contributed by atoms with E-state index in [0.29, 0.717) is 82.0 Å². The third kappa shape index (κ3) is 6.33. The van der Waals surface area contributed by atoms with Gasteiger partial charge in [-0.1, -0.05) is 59.6 Å². The molecule has 0 bridgehead atoms. The van der Waals surface area contributed by atoms with Crippen molar-refractivity contribution in [2.75, 3.05) is 40.5 Å². The highest BCUT2D eigenvalue weighted by Gasteiger charge is 2.59. The number of likely N-dealkylation sites (tertiary alicyclic amines) is 1. The molecule has 2 aliphatic heterocycles. The Morgan fingerprint density at radius 1 is 0.958 bits per heavy atom. The second kappa shape index (κ2) is 13.6. The van der Waals surface area contributed by atoms with Gasteiger partial charge in [0.2, 0.25) is 17.7 Å². The topological polar surface area (TPSA) is 135 Å². The molecular weight excluding hydrogens is 653 g/mol. The molecule has 0 radical (unpaired) electrons. The fraction of sp³-hybridized carbons (Fsp3) is 0.400. The highest BCUT2D eigenvalue weighted by molar-refractivity contribution is 6.39. The van der Waals surface area contributed by atoms with Gasteiger partial charge in [-0.2, -0.15) is 0 Å². The van der Waals surface area contributed by atoms with Crippen molar-refractivity contribution in [1.29, 1.82) is 0 Å². The zero-order valence-electron chi connectivity index (χ0n) is 26.8. The van der Waals surface area contributed by atoms with Crippen LogP contribution in [0, 0.1) is 11.3 Å². The number of benzene rings is 2. The summed E-state index contributed by atoms with van der Waals surface area (Å²) in [6.45, 7) is 3.72. The van der Waals surface area contributed by atoms with E-state index in [1.807, 2.05) is 36.4 Å². The number of amides is 1. The van der Waals surface area contributed by atoms with Crippen LogP contribution in [0.4, 0.5) is 0 Å². The SMILES string of the molecule is COc1nc(-c2cccc(-c3cccc(-c4cnc(CN5CC6CC6(CO)C5)c(OC)n4)c3Cl)c2Cl)cnc1CNCC1CCC(=O)N1. The molecule has 2 saturated heterocycles. The zero-order chi connectivity index (χ0) is 33.4. The molecule has 4 aromatic rings. The lowest BCUT2D eigenvalue weighted by molar-refractivity contribution is -0.119. The molecule has 13 heteroatoms. The predicted octanol–water partition coefficient (Wildman–Crippen LogP) is 4.77. The van der Waals surface area contributed by atoms with Gasteiger partial charge in [0.15, 0.2) is 0 Å². The van der Waals surface area contributed by atoms with Crippen molar-refractivity contribution in [2.24, 2.45) is 11.3 Å². The van der Waals surface area contributed by atoms with Crippen molar-refractivity contribution in [1.82, 2.24) is 35.5 Å². The van der Waals surface area contributed by atoms with E-state index in [0.717, 1.165) is 42.8 Å². The average molecular weight is 691 g/mol. The summed E-state index contributed by atoms with van der Waals surface area (Å²) in [5, 5.41) is 17.0. The first-order valence-corrected chi connectivity index (χ1v) is 16.8. The molecule has 1 saturated carbocycles. The number of fused-ring (bicyclic) bond motifs is 1. The number of nitrogens with zero attached hydrogens (tertiary/aromatic N) is 5. The molecule has 2 aromatic heterocycles. The quantitative estimate of drug-likeness (QED) is 0.191. The van der Waals surface area contributed by atoms with E-state index in [1.54, 1.807) is 26.6 Å². The Morgan fingerprint density at radius 3 is 2.12 bits per heavy atom. The molecule has 3 N–H and O–H groups in total. The van der Waals surface area contributed by atoms with Crippen molar-refractivity contribution in [3.63, 3.8) is 0 Å². The fourth-order valence-electron chi connectivity index (χ4n) is 6.96. The number of hydrogen-bond acceptors (Lipinski definition) is 10. The van der Waals surface area contributed by atoms with Crippen molar-refractivity contribution in [2.45, 2.75) is 38.4 Å². The summed E-state index contributed by atoms with van der Waals surface area (Å²) in [7, 11) is 3.15. The molecule has 7 rings (SSSR count). The maximum atomic E-state index is 11.5. The van der Waals surface area contributed by atoms with Gasteiger partial charge in [-0.3, -0.25) is 19.7 Å². The van der Waals surface area contributed by atoms with Gasteiger partial charge in [-0.15, -0.1) is 0 Å². The molecule has 4 heterocycles. The van der Waals surface area contributed by atoms with Crippen molar-refractivity contribution < 1.29 is 19.4 Å². The van der Waals surface area contributed by atoms with E-state index in [1.165, 1.54) is 0 Å². The number of halogens is 2.